The molecular weight excluding hydrogens is 432 g/mol. The Kier molecular flexibility index (Phi) is 9.87. The molecule has 1 heterocycles. The lowest BCUT2D eigenvalue weighted by molar-refractivity contribution is 0.0361. The van der Waals surface area contributed by atoms with Crippen LogP contribution in [0.25, 0.3) is 0 Å². The first-order valence-electron chi connectivity index (χ1n) is 12.1. The molecule has 0 radical (unpaired) electrons. The molecule has 0 spiro atoms. The fraction of sp³-hybridized carbons (Fsp3) is 0.667. The molecule has 0 saturated carbocycles. The third kappa shape index (κ3) is 7.25. The van der Waals surface area contributed by atoms with Crippen LogP contribution in [0, 0.1) is 12.3 Å². The van der Waals surface area contributed by atoms with Gasteiger partial charge < -0.3 is 18.6 Å². The van der Waals surface area contributed by atoms with Crippen LogP contribution >= 0.6 is 0 Å². The van der Waals surface area contributed by atoms with Crippen LogP contribution in [0.4, 0.5) is 0 Å². The third-order valence-corrected chi connectivity index (χ3v) is 11.5. The Morgan fingerprint density at radius 2 is 1.79 bits per heavy atom. The van der Waals surface area contributed by atoms with Gasteiger partial charge in [-0.3, -0.25) is 0 Å². The number of hydrogen-bond acceptors (Lipinski definition) is 5. The average Bonchev–Trinajstić information content (AvgIpc) is 3.07. The van der Waals surface area contributed by atoms with Gasteiger partial charge in [0, 0.05) is 24.2 Å². The average molecular weight is 475 g/mol. The molecule has 0 aromatic heterocycles. The molecule has 33 heavy (non-hydrogen) atoms. The van der Waals surface area contributed by atoms with Crippen molar-refractivity contribution in [2.24, 2.45) is 0 Å². The minimum absolute atomic E-state index is 0.194. The third-order valence-electron chi connectivity index (χ3n) is 6.97. The number of carbonyl (C=O) groups is 1. The molecule has 0 N–H and O–H groups in total. The summed E-state index contributed by atoms with van der Waals surface area (Å²) in [5.41, 5.74) is 1.39. The number of terminal acetylenes is 1. The van der Waals surface area contributed by atoms with Crippen molar-refractivity contribution >= 4 is 14.3 Å². The van der Waals surface area contributed by atoms with Crippen LogP contribution in [0.5, 0.6) is 11.5 Å². The van der Waals surface area contributed by atoms with Gasteiger partial charge in [0.2, 0.25) is 0 Å². The Morgan fingerprint density at radius 1 is 1.09 bits per heavy atom. The molecular formula is C27H42O5Si. The summed E-state index contributed by atoms with van der Waals surface area (Å²) in [5.74, 6) is 3.62. The predicted molar refractivity (Wildman–Crippen MR) is 136 cm³/mol. The number of unbranched alkanes of at least 4 members (excludes halogenated alkanes) is 3. The summed E-state index contributed by atoms with van der Waals surface area (Å²) in [6, 6.07) is 3.62. The molecule has 0 fully saturated rings. The van der Waals surface area contributed by atoms with Crippen LogP contribution in [-0.2, 0) is 9.16 Å². The SMILES string of the molecule is C#CCCC[C@@H](CCCCC[C@H]1OC(=O)c2c(OC)cc(OC)cc21)O[Si](C)(C)C(C)(C)C. The molecule has 0 unspecified atom stereocenters. The molecule has 0 amide bonds. The highest BCUT2D eigenvalue weighted by atomic mass is 28.4. The van der Waals surface area contributed by atoms with Gasteiger partial charge in [0.15, 0.2) is 8.32 Å². The number of hydrogen-bond donors (Lipinski definition) is 0. The van der Waals surface area contributed by atoms with E-state index in [9.17, 15) is 4.79 Å². The van der Waals surface area contributed by atoms with Gasteiger partial charge in [-0.15, -0.1) is 12.3 Å². The van der Waals surface area contributed by atoms with E-state index in [2.05, 4.69) is 39.8 Å². The Balaban J connectivity index is 1.91. The number of fused-ring (bicyclic) bond motifs is 1. The molecule has 0 saturated heterocycles. The predicted octanol–water partition coefficient (Wildman–Crippen LogP) is 7.06. The van der Waals surface area contributed by atoms with E-state index in [1.54, 1.807) is 20.3 Å². The topological polar surface area (TPSA) is 54.0 Å². The first-order valence-corrected chi connectivity index (χ1v) is 15.0. The summed E-state index contributed by atoms with van der Waals surface area (Å²) < 4.78 is 23.1. The van der Waals surface area contributed by atoms with Crippen LogP contribution in [-0.4, -0.2) is 34.6 Å². The van der Waals surface area contributed by atoms with Crippen molar-refractivity contribution in [1.29, 1.82) is 0 Å². The standard InChI is InChI=1S/C27H42O5Si/c1-9-10-12-15-20(32-33(7,8)27(2,3)4)16-13-11-14-17-23-22-18-21(29-5)19-24(30-6)25(22)26(28)31-23/h1,18-20,23H,10-17H2,2-8H3/t20-,23+/m0/s1. The van der Waals surface area contributed by atoms with E-state index in [0.717, 1.165) is 56.9 Å². The molecule has 0 aliphatic carbocycles. The molecule has 184 valence electrons. The highest BCUT2D eigenvalue weighted by molar-refractivity contribution is 6.74. The number of cyclic esters (lactones) is 1. The summed E-state index contributed by atoms with van der Waals surface area (Å²) in [5, 5.41) is 0.194. The summed E-state index contributed by atoms with van der Waals surface area (Å²) in [4.78, 5) is 12.4. The Hall–Kier alpha value is -1.97. The van der Waals surface area contributed by atoms with Gasteiger partial charge in [-0.05, 0) is 56.3 Å². The summed E-state index contributed by atoms with van der Waals surface area (Å²) >= 11 is 0. The van der Waals surface area contributed by atoms with Crippen molar-refractivity contribution in [1.82, 2.24) is 0 Å². The number of esters is 1. The zero-order chi connectivity index (χ0) is 24.6. The maximum Gasteiger partial charge on any atom is 0.342 e. The highest BCUT2D eigenvalue weighted by Gasteiger charge is 2.39. The molecule has 0 bridgehead atoms. The molecule has 1 aliphatic heterocycles. The lowest BCUT2D eigenvalue weighted by Gasteiger charge is -2.39. The second-order valence-corrected chi connectivity index (χ2v) is 15.2. The van der Waals surface area contributed by atoms with Crippen molar-refractivity contribution in [3.8, 4) is 23.8 Å². The van der Waals surface area contributed by atoms with Gasteiger partial charge in [0.25, 0.3) is 0 Å². The molecule has 5 nitrogen and oxygen atoms in total. The normalized spacial score (nSPS) is 16.7. The smallest absolute Gasteiger partial charge is 0.342 e. The lowest BCUT2D eigenvalue weighted by atomic mass is 9.98. The van der Waals surface area contributed by atoms with Crippen molar-refractivity contribution < 1.29 is 23.4 Å². The van der Waals surface area contributed by atoms with Gasteiger partial charge in [0.1, 0.15) is 23.2 Å². The zero-order valence-corrected chi connectivity index (χ0v) is 22.6. The fourth-order valence-electron chi connectivity index (χ4n) is 3.99. The minimum Gasteiger partial charge on any atom is -0.497 e. The Labute approximate surface area is 201 Å². The largest absolute Gasteiger partial charge is 0.497 e. The summed E-state index contributed by atoms with van der Waals surface area (Å²) in [7, 11) is 1.35. The molecule has 1 aliphatic rings. The second-order valence-electron chi connectivity index (χ2n) is 10.4. The van der Waals surface area contributed by atoms with E-state index in [1.807, 2.05) is 6.07 Å². The molecule has 1 aromatic rings. The van der Waals surface area contributed by atoms with Crippen LogP contribution in [0.3, 0.4) is 0 Å². The van der Waals surface area contributed by atoms with Gasteiger partial charge >= 0.3 is 5.97 Å². The maximum atomic E-state index is 12.4. The van der Waals surface area contributed by atoms with Crippen molar-refractivity contribution in [2.45, 2.75) is 102 Å². The van der Waals surface area contributed by atoms with Crippen LogP contribution in [0.2, 0.25) is 18.1 Å². The molecule has 6 heteroatoms. The van der Waals surface area contributed by atoms with E-state index in [1.165, 1.54) is 0 Å². The van der Waals surface area contributed by atoms with Gasteiger partial charge in [-0.2, -0.15) is 0 Å². The summed E-state index contributed by atoms with van der Waals surface area (Å²) in [6.07, 6.45) is 13.3. The minimum atomic E-state index is -1.82. The first kappa shape index (κ1) is 27.3. The van der Waals surface area contributed by atoms with Gasteiger partial charge in [0.05, 0.1) is 14.2 Å². The maximum absolute atomic E-state index is 12.4. The highest BCUT2D eigenvalue weighted by Crippen LogP contribution is 2.42. The van der Waals surface area contributed by atoms with Gasteiger partial charge in [-0.25, -0.2) is 4.79 Å². The number of methoxy groups -OCH3 is 2. The van der Waals surface area contributed by atoms with E-state index in [0.29, 0.717) is 17.1 Å². The first-order chi connectivity index (χ1) is 15.5. The molecule has 1 aromatic carbocycles. The summed E-state index contributed by atoms with van der Waals surface area (Å²) in [6.45, 7) is 11.5. The molecule has 2 rings (SSSR count). The van der Waals surface area contributed by atoms with Crippen LogP contribution in [0.15, 0.2) is 12.1 Å². The number of benzene rings is 1. The fourth-order valence-corrected chi connectivity index (χ4v) is 5.42. The van der Waals surface area contributed by atoms with E-state index >= 15 is 0 Å². The van der Waals surface area contributed by atoms with E-state index in [4.69, 9.17) is 25.1 Å². The Morgan fingerprint density at radius 3 is 2.39 bits per heavy atom. The van der Waals surface area contributed by atoms with Crippen molar-refractivity contribution in [3.05, 3.63) is 23.3 Å². The lowest BCUT2D eigenvalue weighted by Crippen LogP contribution is -2.44. The van der Waals surface area contributed by atoms with Crippen molar-refractivity contribution in [2.75, 3.05) is 14.2 Å². The Bertz CT molecular complexity index is 834. The van der Waals surface area contributed by atoms with E-state index < -0.39 is 8.32 Å². The molecule has 2 atom stereocenters. The van der Waals surface area contributed by atoms with Crippen molar-refractivity contribution in [3.63, 3.8) is 0 Å². The van der Waals surface area contributed by atoms with E-state index in [-0.39, 0.29) is 23.2 Å². The number of carbonyl (C=O) groups excluding carboxylic acids is 1. The quantitative estimate of drug-likeness (QED) is 0.133. The zero-order valence-electron chi connectivity index (χ0n) is 21.6. The number of rotatable bonds is 13. The van der Waals surface area contributed by atoms with Crippen LogP contribution < -0.4 is 9.47 Å². The second kappa shape index (κ2) is 11.9. The van der Waals surface area contributed by atoms with Crippen LogP contribution in [0.1, 0.15) is 94.2 Å². The number of ether oxygens (including phenoxy) is 3. The van der Waals surface area contributed by atoms with Gasteiger partial charge in [-0.1, -0.05) is 33.6 Å². The monoisotopic (exact) mass is 474 g/mol.